The van der Waals surface area contributed by atoms with Crippen LogP contribution < -0.4 is 5.73 Å². The number of nitrogens with two attached hydrogens (primary N) is 1. The number of benzene rings is 2. The second-order valence-corrected chi connectivity index (χ2v) is 4.95. The molecular formula is C15H14ClN3. The summed E-state index contributed by atoms with van der Waals surface area (Å²) in [6, 6.07) is 14.0. The van der Waals surface area contributed by atoms with Gasteiger partial charge in [0.25, 0.3) is 0 Å². The second kappa shape index (κ2) is 4.68. The topological polar surface area (TPSA) is 43.8 Å². The fourth-order valence-corrected chi connectivity index (χ4v) is 2.72. The molecule has 1 unspecified atom stereocenters. The summed E-state index contributed by atoms with van der Waals surface area (Å²) in [4.78, 5) is 0. The number of fused-ring (bicyclic) bond motifs is 1. The molecule has 3 rings (SSSR count). The molecule has 0 saturated carbocycles. The van der Waals surface area contributed by atoms with E-state index in [-0.39, 0.29) is 6.04 Å². The van der Waals surface area contributed by atoms with E-state index >= 15 is 0 Å². The first-order valence-corrected chi connectivity index (χ1v) is 6.47. The van der Waals surface area contributed by atoms with Crippen LogP contribution in [-0.4, -0.2) is 9.78 Å². The van der Waals surface area contributed by atoms with Crippen LogP contribution in [0.1, 0.15) is 17.3 Å². The van der Waals surface area contributed by atoms with Crippen LogP contribution in [0, 0.1) is 0 Å². The summed E-state index contributed by atoms with van der Waals surface area (Å²) >= 11 is 6.18. The van der Waals surface area contributed by atoms with Gasteiger partial charge in [-0.05, 0) is 16.3 Å². The van der Waals surface area contributed by atoms with Crippen molar-refractivity contribution in [2.45, 2.75) is 6.04 Å². The Labute approximate surface area is 116 Å². The molecule has 96 valence electrons. The highest BCUT2D eigenvalue weighted by Crippen LogP contribution is 2.30. The molecule has 0 aliphatic heterocycles. The SMILES string of the molecule is Cn1ncc(Cl)c1C(N)c1cccc2ccccc12. The smallest absolute Gasteiger partial charge is 0.0837 e. The Morgan fingerprint density at radius 3 is 2.63 bits per heavy atom. The number of nitrogens with zero attached hydrogens (tertiary/aromatic N) is 2. The molecule has 2 N–H and O–H groups in total. The van der Waals surface area contributed by atoms with Gasteiger partial charge in [0.05, 0.1) is 23.0 Å². The molecule has 0 aliphatic rings. The molecular weight excluding hydrogens is 258 g/mol. The van der Waals surface area contributed by atoms with E-state index in [2.05, 4.69) is 23.3 Å². The first-order valence-electron chi connectivity index (χ1n) is 6.09. The zero-order valence-electron chi connectivity index (χ0n) is 10.5. The molecule has 0 aliphatic carbocycles. The van der Waals surface area contributed by atoms with Gasteiger partial charge in [0.15, 0.2) is 0 Å². The summed E-state index contributed by atoms with van der Waals surface area (Å²) in [5.74, 6) is 0. The highest BCUT2D eigenvalue weighted by atomic mass is 35.5. The Bertz CT molecular complexity index is 708. The van der Waals surface area contributed by atoms with Crippen molar-refractivity contribution in [1.29, 1.82) is 0 Å². The Morgan fingerprint density at radius 2 is 1.89 bits per heavy atom. The van der Waals surface area contributed by atoms with E-state index < -0.39 is 0 Å². The normalized spacial score (nSPS) is 12.8. The van der Waals surface area contributed by atoms with Crippen LogP contribution >= 0.6 is 11.6 Å². The number of aromatic nitrogens is 2. The average molecular weight is 272 g/mol. The fourth-order valence-electron chi connectivity index (χ4n) is 2.44. The number of aryl methyl sites for hydroxylation is 1. The second-order valence-electron chi connectivity index (χ2n) is 4.55. The van der Waals surface area contributed by atoms with Gasteiger partial charge < -0.3 is 5.73 Å². The van der Waals surface area contributed by atoms with Crippen LogP contribution in [0.25, 0.3) is 10.8 Å². The van der Waals surface area contributed by atoms with Crippen LogP contribution in [0.3, 0.4) is 0 Å². The van der Waals surface area contributed by atoms with Crippen molar-refractivity contribution < 1.29 is 0 Å². The van der Waals surface area contributed by atoms with Crippen molar-refractivity contribution in [3.05, 3.63) is 64.9 Å². The minimum absolute atomic E-state index is 0.286. The zero-order chi connectivity index (χ0) is 13.4. The fraction of sp³-hybridized carbons (Fsp3) is 0.133. The molecule has 0 saturated heterocycles. The Morgan fingerprint density at radius 1 is 1.16 bits per heavy atom. The number of halogens is 1. The number of hydrogen-bond donors (Lipinski definition) is 1. The Hall–Kier alpha value is -1.84. The summed E-state index contributed by atoms with van der Waals surface area (Å²) < 4.78 is 1.73. The molecule has 1 atom stereocenters. The number of rotatable bonds is 2. The van der Waals surface area contributed by atoms with Gasteiger partial charge in [0, 0.05) is 7.05 Å². The molecule has 0 radical (unpaired) electrons. The monoisotopic (exact) mass is 271 g/mol. The van der Waals surface area contributed by atoms with E-state index in [0.717, 1.165) is 16.6 Å². The van der Waals surface area contributed by atoms with Crippen LogP contribution in [-0.2, 0) is 7.05 Å². The molecule has 3 aromatic rings. The average Bonchev–Trinajstić information content (AvgIpc) is 2.77. The van der Waals surface area contributed by atoms with Gasteiger partial charge in [-0.25, -0.2) is 0 Å². The van der Waals surface area contributed by atoms with E-state index in [9.17, 15) is 0 Å². The standard InChI is InChI=1S/C15H14ClN3/c1-19-15(13(16)9-18-19)14(17)12-8-4-6-10-5-2-3-7-11(10)12/h2-9,14H,17H2,1H3. The van der Waals surface area contributed by atoms with Gasteiger partial charge in [-0.3, -0.25) is 4.68 Å². The van der Waals surface area contributed by atoms with Gasteiger partial charge >= 0.3 is 0 Å². The third-order valence-electron chi connectivity index (χ3n) is 3.39. The van der Waals surface area contributed by atoms with Crippen molar-refractivity contribution in [2.75, 3.05) is 0 Å². The maximum atomic E-state index is 6.38. The van der Waals surface area contributed by atoms with Gasteiger partial charge in [0.2, 0.25) is 0 Å². The Kier molecular flexibility index (Phi) is 3.01. The summed E-state index contributed by atoms with van der Waals surface area (Å²) in [6.07, 6.45) is 1.63. The maximum Gasteiger partial charge on any atom is 0.0837 e. The van der Waals surface area contributed by atoms with Gasteiger partial charge in [-0.2, -0.15) is 5.10 Å². The largest absolute Gasteiger partial charge is 0.319 e. The van der Waals surface area contributed by atoms with Gasteiger partial charge in [-0.1, -0.05) is 54.1 Å². The maximum absolute atomic E-state index is 6.38. The van der Waals surface area contributed by atoms with Crippen molar-refractivity contribution in [1.82, 2.24) is 9.78 Å². The quantitative estimate of drug-likeness (QED) is 0.777. The van der Waals surface area contributed by atoms with E-state index in [1.807, 2.05) is 31.3 Å². The minimum atomic E-state index is -0.286. The number of hydrogen-bond acceptors (Lipinski definition) is 2. The lowest BCUT2D eigenvalue weighted by Crippen LogP contribution is -2.16. The molecule has 0 fully saturated rings. The molecule has 19 heavy (non-hydrogen) atoms. The van der Waals surface area contributed by atoms with Crippen LogP contribution in [0.15, 0.2) is 48.7 Å². The lowest BCUT2D eigenvalue weighted by molar-refractivity contribution is 0.675. The van der Waals surface area contributed by atoms with E-state index in [4.69, 9.17) is 17.3 Å². The molecule has 0 spiro atoms. The summed E-state index contributed by atoms with van der Waals surface area (Å²) in [6.45, 7) is 0. The van der Waals surface area contributed by atoms with Crippen molar-refractivity contribution in [2.24, 2.45) is 12.8 Å². The summed E-state index contributed by atoms with van der Waals surface area (Å²) in [5.41, 5.74) is 8.27. The first kappa shape index (κ1) is 12.2. The van der Waals surface area contributed by atoms with Crippen molar-refractivity contribution in [3.63, 3.8) is 0 Å². The molecule has 0 bridgehead atoms. The minimum Gasteiger partial charge on any atom is -0.319 e. The third kappa shape index (κ3) is 2.01. The molecule has 4 heteroatoms. The molecule has 1 heterocycles. The van der Waals surface area contributed by atoms with Crippen molar-refractivity contribution >= 4 is 22.4 Å². The van der Waals surface area contributed by atoms with Crippen LogP contribution in [0.2, 0.25) is 5.02 Å². The van der Waals surface area contributed by atoms with Crippen LogP contribution in [0.5, 0.6) is 0 Å². The van der Waals surface area contributed by atoms with Gasteiger partial charge in [-0.15, -0.1) is 0 Å². The lowest BCUT2D eigenvalue weighted by Gasteiger charge is -2.15. The Balaban J connectivity index is 2.20. The van der Waals surface area contributed by atoms with Gasteiger partial charge in [0.1, 0.15) is 0 Å². The third-order valence-corrected chi connectivity index (χ3v) is 3.68. The molecule has 3 nitrogen and oxygen atoms in total. The summed E-state index contributed by atoms with van der Waals surface area (Å²) in [7, 11) is 1.85. The highest BCUT2D eigenvalue weighted by molar-refractivity contribution is 6.31. The molecule has 2 aromatic carbocycles. The van der Waals surface area contributed by atoms with E-state index in [1.165, 1.54) is 5.39 Å². The van der Waals surface area contributed by atoms with E-state index in [0.29, 0.717) is 5.02 Å². The van der Waals surface area contributed by atoms with Crippen LogP contribution in [0.4, 0.5) is 0 Å². The molecule has 0 amide bonds. The zero-order valence-corrected chi connectivity index (χ0v) is 11.3. The predicted octanol–water partition coefficient (Wildman–Crippen LogP) is 3.27. The molecule has 1 aromatic heterocycles. The van der Waals surface area contributed by atoms with Crippen molar-refractivity contribution in [3.8, 4) is 0 Å². The van der Waals surface area contributed by atoms with E-state index in [1.54, 1.807) is 10.9 Å². The predicted molar refractivity (Wildman–Crippen MR) is 78.2 cm³/mol. The highest BCUT2D eigenvalue weighted by Gasteiger charge is 2.18. The first-order chi connectivity index (χ1) is 9.18. The lowest BCUT2D eigenvalue weighted by atomic mass is 9.97. The summed E-state index contributed by atoms with van der Waals surface area (Å²) in [5, 5.41) is 7.07.